The first-order chi connectivity index (χ1) is 10.6. The molecular formula is C16H41Cl2N2P2Ru-. The molecule has 2 nitrogen and oxygen atoms in total. The van der Waals surface area contributed by atoms with Gasteiger partial charge in [0, 0.05) is 12.6 Å². The van der Waals surface area contributed by atoms with Crippen LogP contribution in [0.15, 0.2) is 0 Å². The summed E-state index contributed by atoms with van der Waals surface area (Å²) in [6, 6.07) is 0. The fraction of sp³-hybridized carbons (Fsp3) is 0.938. The summed E-state index contributed by atoms with van der Waals surface area (Å²) in [5.41, 5.74) is 12.7. The molecule has 2 atom stereocenters. The van der Waals surface area contributed by atoms with Crippen LogP contribution in [0.3, 0.4) is 0 Å². The van der Waals surface area contributed by atoms with Crippen molar-refractivity contribution in [3.63, 3.8) is 0 Å². The Hall–Kier alpha value is 1.98. The summed E-state index contributed by atoms with van der Waals surface area (Å²) < 4.78 is 0. The molecule has 0 aliphatic heterocycles. The van der Waals surface area contributed by atoms with E-state index in [1.165, 1.54) is 6.16 Å². The summed E-state index contributed by atoms with van der Waals surface area (Å²) in [4.78, 5) is 0. The second kappa shape index (κ2) is 26.2. The molecule has 0 aliphatic carbocycles. The SMILES string of the molecule is CC(C)CP(CN)C(C)C.CC(C)P(C)CN.C[CH-]C.[Cl][Ru][Cl]. The van der Waals surface area contributed by atoms with Gasteiger partial charge >= 0.3 is 34.5 Å². The van der Waals surface area contributed by atoms with E-state index in [1.807, 2.05) is 20.3 Å². The van der Waals surface area contributed by atoms with Gasteiger partial charge in [-0.05, 0) is 30.1 Å². The van der Waals surface area contributed by atoms with Crippen LogP contribution >= 0.6 is 35.2 Å². The van der Waals surface area contributed by atoms with Crippen LogP contribution in [-0.2, 0) is 15.1 Å². The Balaban J connectivity index is -0.000000120. The van der Waals surface area contributed by atoms with E-state index in [4.69, 9.17) is 30.8 Å². The fourth-order valence-electron chi connectivity index (χ4n) is 1.18. The molecule has 0 fully saturated rings. The molecule has 4 N–H and O–H groups in total. The molecule has 7 heteroatoms. The number of hydrogen-bond acceptors (Lipinski definition) is 2. The van der Waals surface area contributed by atoms with Crippen LogP contribution in [0.2, 0.25) is 0 Å². The molecule has 0 spiro atoms. The number of rotatable bonds is 6. The van der Waals surface area contributed by atoms with E-state index in [0.717, 1.165) is 29.8 Å². The molecule has 0 saturated carbocycles. The van der Waals surface area contributed by atoms with Crippen LogP contribution in [-0.4, -0.2) is 36.7 Å². The Labute approximate surface area is 165 Å². The third-order valence-corrected chi connectivity index (χ3v) is 8.20. The molecule has 148 valence electrons. The second-order valence-corrected chi connectivity index (χ2v) is 14.6. The molecular weight excluding hydrogens is 454 g/mol. The van der Waals surface area contributed by atoms with Crippen LogP contribution < -0.4 is 11.5 Å². The van der Waals surface area contributed by atoms with E-state index < -0.39 is 0 Å². The van der Waals surface area contributed by atoms with E-state index >= 15 is 0 Å². The Morgan fingerprint density at radius 2 is 1.26 bits per heavy atom. The van der Waals surface area contributed by atoms with Crippen molar-refractivity contribution in [1.29, 1.82) is 0 Å². The van der Waals surface area contributed by atoms with Gasteiger partial charge in [0.05, 0.1) is 0 Å². The Kier molecular flexibility index (Phi) is 37.2. The fourth-order valence-corrected chi connectivity index (χ4v) is 3.53. The van der Waals surface area contributed by atoms with Crippen LogP contribution in [0, 0.1) is 12.3 Å². The van der Waals surface area contributed by atoms with Gasteiger partial charge < -0.3 is 17.9 Å². The van der Waals surface area contributed by atoms with Crippen molar-refractivity contribution in [2.24, 2.45) is 17.4 Å². The van der Waals surface area contributed by atoms with Crippen LogP contribution in [0.4, 0.5) is 0 Å². The molecule has 0 aromatic heterocycles. The van der Waals surface area contributed by atoms with Gasteiger partial charge in [0.25, 0.3) is 0 Å². The van der Waals surface area contributed by atoms with E-state index in [0.29, 0.717) is 0 Å². The molecule has 0 amide bonds. The predicted octanol–water partition coefficient (Wildman–Crippen LogP) is 6.48. The van der Waals surface area contributed by atoms with Gasteiger partial charge in [-0.2, -0.15) is 13.8 Å². The number of nitrogens with two attached hydrogens (primary N) is 2. The molecule has 0 aromatic carbocycles. The average molecular weight is 495 g/mol. The standard InChI is InChI=1S/C8H20NP.C5H14NP.C3H7.2ClH.Ru/c1-7(2)5-10(6-9)8(3)4;1-5(2)7(3)4-6;1-3-2;;;/h7-8H,5-6,9H2,1-4H3;5H,4,6H2,1-3H3;3H,1-2H3;2*1H;/q;;-1;;;+2/p-2. The zero-order chi connectivity index (χ0) is 19.4. The van der Waals surface area contributed by atoms with Crippen molar-refractivity contribution in [3.05, 3.63) is 6.42 Å². The molecule has 0 radical (unpaired) electrons. The monoisotopic (exact) mass is 495 g/mol. The van der Waals surface area contributed by atoms with Crippen LogP contribution in [0.1, 0.15) is 55.4 Å². The maximum atomic E-state index is 5.65. The topological polar surface area (TPSA) is 52.0 Å². The summed E-state index contributed by atoms with van der Waals surface area (Å²) >= 11 is -0.346. The van der Waals surface area contributed by atoms with Gasteiger partial charge in [-0.1, -0.05) is 57.4 Å². The van der Waals surface area contributed by atoms with Gasteiger partial charge in [-0.25, -0.2) is 0 Å². The predicted molar refractivity (Wildman–Crippen MR) is 115 cm³/mol. The third kappa shape index (κ3) is 35.8. The first-order valence-corrected chi connectivity index (χ1v) is 16.3. The van der Waals surface area contributed by atoms with Crippen molar-refractivity contribution >= 4 is 35.2 Å². The van der Waals surface area contributed by atoms with Gasteiger partial charge in [0.2, 0.25) is 0 Å². The molecule has 0 aliphatic rings. The van der Waals surface area contributed by atoms with Gasteiger partial charge in [-0.3, -0.25) is 0 Å². The van der Waals surface area contributed by atoms with Crippen molar-refractivity contribution in [1.82, 2.24) is 0 Å². The van der Waals surface area contributed by atoms with Crippen molar-refractivity contribution in [2.45, 2.75) is 66.7 Å². The molecule has 0 saturated heterocycles. The van der Waals surface area contributed by atoms with Crippen molar-refractivity contribution in [2.75, 3.05) is 25.4 Å². The summed E-state index contributed by atoms with van der Waals surface area (Å²) in [5.74, 6) is 0.817. The van der Waals surface area contributed by atoms with E-state index in [-0.39, 0.29) is 31.0 Å². The normalized spacial score (nSPS) is 12.7. The zero-order valence-corrected chi connectivity index (χ0v) is 21.6. The average Bonchev–Trinajstić information content (AvgIpc) is 2.45. The quantitative estimate of drug-likeness (QED) is 0.252. The van der Waals surface area contributed by atoms with Gasteiger partial charge in [0.15, 0.2) is 0 Å². The Bertz CT molecular complexity index is 199. The van der Waals surface area contributed by atoms with E-state index in [9.17, 15) is 0 Å². The van der Waals surface area contributed by atoms with Crippen LogP contribution in [0.25, 0.3) is 0 Å². The molecule has 23 heavy (non-hydrogen) atoms. The van der Waals surface area contributed by atoms with Crippen molar-refractivity contribution < 1.29 is 15.1 Å². The summed E-state index contributed by atoms with van der Waals surface area (Å²) in [7, 11) is 9.97. The number of halogens is 2. The minimum atomic E-state index is -0.346. The Morgan fingerprint density at radius 1 is 0.913 bits per heavy atom. The van der Waals surface area contributed by atoms with Crippen molar-refractivity contribution in [3.8, 4) is 0 Å². The molecule has 2 unspecified atom stereocenters. The maximum absolute atomic E-state index is 5.65. The zero-order valence-electron chi connectivity index (χ0n) is 16.6. The van der Waals surface area contributed by atoms with Gasteiger partial charge in [0.1, 0.15) is 0 Å². The molecule has 0 aromatic rings. The van der Waals surface area contributed by atoms with E-state index in [1.54, 1.807) is 0 Å². The first-order valence-electron chi connectivity index (χ1n) is 8.02. The summed E-state index contributed by atoms with van der Waals surface area (Å²) in [6.45, 7) is 19.8. The summed E-state index contributed by atoms with van der Waals surface area (Å²) in [5, 5.41) is 0. The molecule has 0 rings (SSSR count). The molecule has 0 heterocycles. The first kappa shape index (κ1) is 32.6. The number of hydrogen-bond donors (Lipinski definition) is 2. The summed E-state index contributed by atoms with van der Waals surface area (Å²) in [6.07, 6.45) is 5.13. The van der Waals surface area contributed by atoms with Gasteiger partial charge in [-0.15, -0.1) is 0 Å². The van der Waals surface area contributed by atoms with Crippen LogP contribution in [0.5, 0.6) is 0 Å². The molecule has 0 bridgehead atoms. The van der Waals surface area contributed by atoms with E-state index in [2.05, 4.69) is 48.2 Å². The third-order valence-electron chi connectivity index (χ3n) is 2.73. The second-order valence-electron chi connectivity index (χ2n) is 6.10. The minimum absolute atomic E-state index is 0.121. The Morgan fingerprint density at radius 3 is 1.30 bits per heavy atom.